The highest BCUT2D eigenvalue weighted by Gasteiger charge is 2.19. The van der Waals surface area contributed by atoms with Crippen molar-refractivity contribution in [2.24, 2.45) is 0 Å². The van der Waals surface area contributed by atoms with Crippen molar-refractivity contribution in [2.75, 3.05) is 25.3 Å². The van der Waals surface area contributed by atoms with Gasteiger partial charge in [-0.05, 0) is 24.5 Å². The Kier molecular flexibility index (Phi) is 4.95. The summed E-state index contributed by atoms with van der Waals surface area (Å²) in [6, 6.07) is 4.97. The fourth-order valence-corrected chi connectivity index (χ4v) is 4.23. The van der Waals surface area contributed by atoms with E-state index in [4.69, 9.17) is 23.2 Å². The van der Waals surface area contributed by atoms with Crippen molar-refractivity contribution in [3.63, 3.8) is 0 Å². The number of carbonyl (C=O) groups is 1. The molecule has 0 aliphatic heterocycles. The zero-order valence-electron chi connectivity index (χ0n) is 13.8. The summed E-state index contributed by atoms with van der Waals surface area (Å²) in [7, 11) is 3.63. The molecule has 0 aliphatic carbocycles. The number of benzene rings is 1. The Labute approximate surface area is 158 Å². The lowest BCUT2D eigenvalue weighted by Gasteiger charge is -2.18. The molecule has 5 nitrogen and oxygen atoms in total. The van der Waals surface area contributed by atoms with Gasteiger partial charge in [0, 0.05) is 19.5 Å². The average Bonchev–Trinajstić information content (AvgIpc) is 2.57. The lowest BCUT2D eigenvalue weighted by atomic mass is 10.1. The summed E-state index contributed by atoms with van der Waals surface area (Å²) in [6.07, 6.45) is 2.65. The monoisotopic (exact) mass is 395 g/mol. The number of hydrogen-bond acceptors (Lipinski definition) is 5. The SMILES string of the molecule is CSc1c(Cl)ccc2c(=O)c3cc(Cl)c(N(C)C)nc3n(CC=O)c12. The van der Waals surface area contributed by atoms with Gasteiger partial charge in [-0.1, -0.05) is 23.2 Å². The van der Waals surface area contributed by atoms with Gasteiger partial charge in [-0.25, -0.2) is 4.98 Å². The summed E-state index contributed by atoms with van der Waals surface area (Å²) in [5.74, 6) is 0.528. The van der Waals surface area contributed by atoms with Crippen LogP contribution < -0.4 is 10.3 Å². The van der Waals surface area contributed by atoms with Crippen LogP contribution in [0.25, 0.3) is 21.9 Å². The van der Waals surface area contributed by atoms with E-state index in [2.05, 4.69) is 4.98 Å². The maximum absolute atomic E-state index is 13.0. The largest absolute Gasteiger partial charge is 0.361 e. The first-order chi connectivity index (χ1) is 11.9. The summed E-state index contributed by atoms with van der Waals surface area (Å²) in [5.41, 5.74) is 0.846. The van der Waals surface area contributed by atoms with Crippen LogP contribution in [0.15, 0.2) is 27.9 Å². The number of thioether (sulfide) groups is 1. The molecule has 25 heavy (non-hydrogen) atoms. The van der Waals surface area contributed by atoms with E-state index in [9.17, 15) is 9.59 Å². The Balaban J connectivity index is 2.63. The van der Waals surface area contributed by atoms with Gasteiger partial charge in [0.05, 0.1) is 32.4 Å². The van der Waals surface area contributed by atoms with Crippen LogP contribution in [0, 0.1) is 0 Å². The lowest BCUT2D eigenvalue weighted by molar-refractivity contribution is -0.108. The zero-order chi connectivity index (χ0) is 18.3. The van der Waals surface area contributed by atoms with E-state index in [1.54, 1.807) is 27.7 Å². The third-order valence-corrected chi connectivity index (χ3v) is 5.45. The van der Waals surface area contributed by atoms with Gasteiger partial charge in [-0.15, -0.1) is 11.8 Å². The van der Waals surface area contributed by atoms with E-state index in [0.717, 1.165) is 11.2 Å². The van der Waals surface area contributed by atoms with Crippen LogP contribution in [0.5, 0.6) is 0 Å². The minimum atomic E-state index is -0.182. The normalized spacial score (nSPS) is 11.2. The van der Waals surface area contributed by atoms with Crippen molar-refractivity contribution in [2.45, 2.75) is 11.4 Å². The molecule has 0 saturated carbocycles. The van der Waals surface area contributed by atoms with Gasteiger partial charge in [0.25, 0.3) is 0 Å². The topological polar surface area (TPSA) is 55.2 Å². The van der Waals surface area contributed by atoms with Crippen LogP contribution in [0.2, 0.25) is 10.0 Å². The second kappa shape index (κ2) is 6.86. The second-order valence-electron chi connectivity index (χ2n) is 5.64. The van der Waals surface area contributed by atoms with Crippen LogP contribution in [-0.2, 0) is 11.3 Å². The molecule has 0 fully saturated rings. The number of aromatic nitrogens is 2. The molecule has 130 valence electrons. The van der Waals surface area contributed by atoms with Crippen molar-refractivity contribution < 1.29 is 4.79 Å². The molecule has 2 aromatic heterocycles. The Morgan fingerprint density at radius 2 is 1.96 bits per heavy atom. The molecule has 0 bridgehead atoms. The highest BCUT2D eigenvalue weighted by Crippen LogP contribution is 2.35. The molecule has 1 aromatic carbocycles. The van der Waals surface area contributed by atoms with E-state index in [0.29, 0.717) is 37.8 Å². The molecule has 0 radical (unpaired) electrons. The van der Waals surface area contributed by atoms with Crippen molar-refractivity contribution in [1.82, 2.24) is 9.55 Å². The van der Waals surface area contributed by atoms with Crippen molar-refractivity contribution in [3.8, 4) is 0 Å². The number of nitrogens with zero attached hydrogens (tertiary/aromatic N) is 3. The molecule has 3 rings (SSSR count). The molecule has 3 aromatic rings. The molecule has 0 unspecified atom stereocenters. The number of halogens is 2. The predicted molar refractivity (Wildman–Crippen MR) is 106 cm³/mol. The molecule has 2 heterocycles. The third-order valence-electron chi connectivity index (χ3n) is 3.92. The fraction of sp³-hybridized carbons (Fsp3) is 0.235. The Hall–Kier alpha value is -1.76. The van der Waals surface area contributed by atoms with Gasteiger partial charge in [-0.2, -0.15) is 0 Å². The number of pyridine rings is 2. The number of carbonyl (C=O) groups excluding carboxylic acids is 1. The quantitative estimate of drug-likeness (QED) is 0.381. The van der Waals surface area contributed by atoms with Crippen LogP contribution in [-0.4, -0.2) is 36.2 Å². The lowest BCUT2D eigenvalue weighted by Crippen LogP contribution is -2.17. The number of rotatable bonds is 4. The van der Waals surface area contributed by atoms with Crippen molar-refractivity contribution in [3.05, 3.63) is 38.5 Å². The molecular weight excluding hydrogens is 381 g/mol. The van der Waals surface area contributed by atoms with E-state index in [-0.39, 0.29) is 12.0 Å². The standard InChI is InChI=1S/C17H15Cl2N3O2S/c1-21(2)17-12(19)8-10-14(24)9-4-5-11(18)15(25-3)13(9)22(6-7-23)16(10)20-17/h4-5,7-8H,6H2,1-3H3. The fourth-order valence-electron chi connectivity index (χ4n) is 2.85. The molecular formula is C17H15Cl2N3O2S. The first kappa shape index (κ1) is 18.0. The van der Waals surface area contributed by atoms with Crippen LogP contribution in [0.1, 0.15) is 0 Å². The maximum Gasteiger partial charge on any atom is 0.198 e. The molecule has 0 amide bonds. The first-order valence-electron chi connectivity index (χ1n) is 7.41. The van der Waals surface area contributed by atoms with Crippen molar-refractivity contribution in [1.29, 1.82) is 0 Å². The highest BCUT2D eigenvalue weighted by molar-refractivity contribution is 7.99. The van der Waals surface area contributed by atoms with E-state index in [1.165, 1.54) is 11.8 Å². The minimum Gasteiger partial charge on any atom is -0.361 e. The van der Waals surface area contributed by atoms with Gasteiger partial charge < -0.3 is 14.3 Å². The molecule has 0 saturated heterocycles. The van der Waals surface area contributed by atoms with E-state index >= 15 is 0 Å². The summed E-state index contributed by atoms with van der Waals surface area (Å²) in [5, 5.41) is 1.77. The van der Waals surface area contributed by atoms with Gasteiger partial charge >= 0.3 is 0 Å². The van der Waals surface area contributed by atoms with Crippen LogP contribution >= 0.6 is 35.0 Å². The predicted octanol–water partition coefficient (Wildman–Crippen LogP) is 3.84. The average molecular weight is 396 g/mol. The Morgan fingerprint density at radius 3 is 2.56 bits per heavy atom. The second-order valence-corrected chi connectivity index (χ2v) is 7.27. The number of anilines is 1. The van der Waals surface area contributed by atoms with Gasteiger partial charge in [0.15, 0.2) is 5.43 Å². The summed E-state index contributed by atoms with van der Waals surface area (Å²) in [4.78, 5) is 31.4. The minimum absolute atomic E-state index is 0.0582. The number of fused-ring (bicyclic) bond motifs is 2. The molecule has 0 aliphatic rings. The Bertz CT molecular complexity index is 1060. The first-order valence-corrected chi connectivity index (χ1v) is 9.39. The van der Waals surface area contributed by atoms with Crippen LogP contribution in [0.4, 0.5) is 5.82 Å². The zero-order valence-corrected chi connectivity index (χ0v) is 16.2. The number of hydrogen-bond donors (Lipinski definition) is 0. The molecule has 8 heteroatoms. The molecule has 0 N–H and O–H groups in total. The van der Waals surface area contributed by atoms with Crippen LogP contribution in [0.3, 0.4) is 0 Å². The third kappa shape index (κ3) is 2.88. The summed E-state index contributed by atoms with van der Waals surface area (Å²) >= 11 is 14.0. The van der Waals surface area contributed by atoms with Gasteiger partial charge in [0.1, 0.15) is 17.8 Å². The van der Waals surface area contributed by atoms with E-state index in [1.807, 2.05) is 20.4 Å². The highest BCUT2D eigenvalue weighted by atomic mass is 35.5. The number of aldehydes is 1. The summed E-state index contributed by atoms with van der Waals surface area (Å²) < 4.78 is 1.72. The molecule has 0 atom stereocenters. The van der Waals surface area contributed by atoms with E-state index < -0.39 is 0 Å². The van der Waals surface area contributed by atoms with Gasteiger partial charge in [-0.3, -0.25) is 4.79 Å². The molecule has 0 spiro atoms. The smallest absolute Gasteiger partial charge is 0.198 e. The van der Waals surface area contributed by atoms with Gasteiger partial charge in [0.2, 0.25) is 0 Å². The van der Waals surface area contributed by atoms with Crippen molar-refractivity contribution >= 4 is 69.0 Å². The maximum atomic E-state index is 13.0. The summed E-state index contributed by atoms with van der Waals surface area (Å²) in [6.45, 7) is 0.0582. The Morgan fingerprint density at radius 1 is 1.24 bits per heavy atom.